The quantitative estimate of drug-likeness (QED) is 0.719. The predicted molar refractivity (Wildman–Crippen MR) is 58.6 cm³/mol. The molecule has 6 heteroatoms. The van der Waals surface area contributed by atoms with Crippen molar-refractivity contribution >= 4 is 11.9 Å². The van der Waals surface area contributed by atoms with Crippen molar-refractivity contribution in [2.45, 2.75) is 19.3 Å². The molecule has 0 amide bonds. The van der Waals surface area contributed by atoms with Crippen molar-refractivity contribution in [2.75, 3.05) is 25.1 Å². The number of anilines is 1. The van der Waals surface area contributed by atoms with Crippen molar-refractivity contribution in [2.24, 2.45) is 0 Å². The molecular formula is C11H13N3O3. The average Bonchev–Trinajstić information content (AvgIpc) is 2.83. The van der Waals surface area contributed by atoms with Crippen LogP contribution in [-0.4, -0.2) is 31.2 Å². The van der Waals surface area contributed by atoms with Crippen LogP contribution in [0.3, 0.4) is 0 Å². The van der Waals surface area contributed by atoms with E-state index in [1.54, 1.807) is 0 Å². The van der Waals surface area contributed by atoms with Crippen LogP contribution in [0.1, 0.15) is 35.6 Å². The molecule has 0 aromatic carbocycles. The molecule has 17 heavy (non-hydrogen) atoms. The zero-order valence-electron chi connectivity index (χ0n) is 9.60. The zero-order chi connectivity index (χ0) is 12.3. The van der Waals surface area contributed by atoms with Gasteiger partial charge in [0.15, 0.2) is 0 Å². The van der Waals surface area contributed by atoms with Gasteiger partial charge in [0.25, 0.3) is 0 Å². The van der Waals surface area contributed by atoms with Crippen molar-refractivity contribution in [1.82, 2.24) is 4.98 Å². The number of aromatic nitrogens is 1. The van der Waals surface area contributed by atoms with Crippen LogP contribution in [0.15, 0.2) is 4.42 Å². The van der Waals surface area contributed by atoms with E-state index in [1.165, 1.54) is 13.5 Å². The summed E-state index contributed by atoms with van der Waals surface area (Å²) < 4.78 is 9.83. The molecule has 0 unspecified atom stereocenters. The summed E-state index contributed by atoms with van der Waals surface area (Å²) in [7, 11) is 1.25. The summed E-state index contributed by atoms with van der Waals surface area (Å²) in [5, 5.41) is 8.97. The average molecular weight is 235 g/mol. The number of carbonyl (C=O) groups is 1. The second kappa shape index (κ2) is 4.87. The molecule has 0 atom stereocenters. The minimum atomic E-state index is -0.662. The molecule has 0 spiro atoms. The van der Waals surface area contributed by atoms with Gasteiger partial charge in [-0.15, -0.1) is 0 Å². The van der Waals surface area contributed by atoms with E-state index in [-0.39, 0.29) is 11.6 Å². The van der Waals surface area contributed by atoms with Gasteiger partial charge in [-0.3, -0.25) is 0 Å². The number of oxazole rings is 1. The number of hydrogen-bond acceptors (Lipinski definition) is 6. The summed E-state index contributed by atoms with van der Waals surface area (Å²) in [4.78, 5) is 17.0. The Balaban J connectivity index is 2.29. The van der Waals surface area contributed by atoms with E-state index < -0.39 is 5.97 Å². The second-order valence-corrected chi connectivity index (χ2v) is 3.82. The molecule has 90 valence electrons. The number of nitriles is 1. The number of esters is 1. The fourth-order valence-electron chi connectivity index (χ4n) is 1.87. The molecular weight excluding hydrogens is 222 g/mol. The molecule has 0 N–H and O–H groups in total. The number of hydrogen-bond donors (Lipinski definition) is 0. The third kappa shape index (κ3) is 2.23. The van der Waals surface area contributed by atoms with Gasteiger partial charge in [-0.05, 0) is 19.3 Å². The summed E-state index contributed by atoms with van der Waals surface area (Å²) in [6.45, 7) is 1.65. The minimum Gasteiger partial charge on any atom is -0.462 e. The number of methoxy groups -OCH3 is 1. The topological polar surface area (TPSA) is 79.4 Å². The molecule has 2 rings (SSSR count). The van der Waals surface area contributed by atoms with Crippen LogP contribution in [-0.2, 0) is 4.74 Å². The summed E-state index contributed by atoms with van der Waals surface area (Å²) in [5.41, 5.74) is 0.146. The van der Waals surface area contributed by atoms with Gasteiger partial charge in [0.2, 0.25) is 11.6 Å². The van der Waals surface area contributed by atoms with Crippen molar-refractivity contribution in [3.05, 3.63) is 11.6 Å². The highest BCUT2D eigenvalue weighted by Gasteiger charge is 2.24. The molecule has 0 bridgehead atoms. The highest BCUT2D eigenvalue weighted by atomic mass is 16.5. The van der Waals surface area contributed by atoms with E-state index in [2.05, 4.69) is 9.72 Å². The Bertz CT molecular complexity index is 455. The summed E-state index contributed by atoms with van der Waals surface area (Å²) in [6.07, 6.45) is 3.29. The molecule has 6 nitrogen and oxygen atoms in total. The molecule has 1 saturated heterocycles. The first-order chi connectivity index (χ1) is 8.26. The number of nitrogens with zero attached hydrogens (tertiary/aromatic N) is 3. The first-order valence-electron chi connectivity index (χ1n) is 5.50. The minimum absolute atomic E-state index is 0.146. The molecule has 2 heterocycles. The van der Waals surface area contributed by atoms with Gasteiger partial charge in [-0.1, -0.05) is 0 Å². The van der Waals surface area contributed by atoms with Crippen LogP contribution >= 0.6 is 0 Å². The Morgan fingerprint density at radius 2 is 2.18 bits per heavy atom. The third-order valence-electron chi connectivity index (χ3n) is 2.72. The number of piperidine rings is 1. The lowest BCUT2D eigenvalue weighted by molar-refractivity contribution is 0.0556. The first kappa shape index (κ1) is 11.5. The van der Waals surface area contributed by atoms with Gasteiger partial charge in [-0.2, -0.15) is 10.2 Å². The van der Waals surface area contributed by atoms with Gasteiger partial charge < -0.3 is 14.1 Å². The third-order valence-corrected chi connectivity index (χ3v) is 2.72. The first-order valence-corrected chi connectivity index (χ1v) is 5.50. The predicted octanol–water partition coefficient (Wildman–Crippen LogP) is 1.32. The standard InChI is InChI=1S/C11H13N3O3/c1-16-11(15)9-13-8(7-12)10(17-9)14-5-3-2-4-6-14/h2-6H2,1H3. The molecule has 1 aliphatic rings. The van der Waals surface area contributed by atoms with Gasteiger partial charge >= 0.3 is 11.9 Å². The molecule has 1 aromatic heterocycles. The normalized spacial score (nSPS) is 15.4. The highest BCUT2D eigenvalue weighted by molar-refractivity contribution is 5.84. The summed E-state index contributed by atoms with van der Waals surface area (Å²) in [6, 6.07) is 1.94. The Kier molecular flexibility index (Phi) is 3.28. The van der Waals surface area contributed by atoms with Gasteiger partial charge in [0, 0.05) is 13.1 Å². The molecule has 0 aliphatic carbocycles. The maximum Gasteiger partial charge on any atom is 0.394 e. The molecule has 0 saturated carbocycles. The van der Waals surface area contributed by atoms with Crippen molar-refractivity contribution in [1.29, 1.82) is 5.26 Å². The smallest absolute Gasteiger partial charge is 0.394 e. The fourth-order valence-corrected chi connectivity index (χ4v) is 1.87. The fraction of sp³-hybridized carbons (Fsp3) is 0.545. The summed E-state index contributed by atoms with van der Waals surface area (Å²) >= 11 is 0. The van der Waals surface area contributed by atoms with Gasteiger partial charge in [0.05, 0.1) is 7.11 Å². The van der Waals surface area contributed by atoms with Gasteiger partial charge in [0.1, 0.15) is 6.07 Å². The van der Waals surface area contributed by atoms with Crippen LogP contribution in [0, 0.1) is 11.3 Å². The lowest BCUT2D eigenvalue weighted by atomic mass is 10.1. The Hall–Kier alpha value is -2.03. The largest absolute Gasteiger partial charge is 0.462 e. The maximum absolute atomic E-state index is 11.3. The van der Waals surface area contributed by atoms with Crippen LogP contribution in [0.2, 0.25) is 0 Å². The zero-order valence-corrected chi connectivity index (χ0v) is 9.60. The highest BCUT2D eigenvalue weighted by Crippen LogP contribution is 2.25. The molecule has 1 aliphatic heterocycles. The van der Waals surface area contributed by atoms with Crippen LogP contribution < -0.4 is 4.90 Å². The Morgan fingerprint density at radius 3 is 2.76 bits per heavy atom. The Labute approximate surface area is 98.8 Å². The van der Waals surface area contributed by atoms with E-state index in [4.69, 9.17) is 9.68 Å². The Morgan fingerprint density at radius 1 is 1.47 bits per heavy atom. The van der Waals surface area contributed by atoms with Crippen LogP contribution in [0.4, 0.5) is 5.88 Å². The monoisotopic (exact) mass is 235 g/mol. The van der Waals surface area contributed by atoms with Gasteiger partial charge in [-0.25, -0.2) is 4.79 Å². The number of carbonyl (C=O) groups excluding carboxylic acids is 1. The molecule has 0 radical (unpaired) electrons. The maximum atomic E-state index is 11.3. The lowest BCUT2D eigenvalue weighted by Crippen LogP contribution is -2.29. The second-order valence-electron chi connectivity index (χ2n) is 3.82. The van der Waals surface area contributed by atoms with E-state index in [0.717, 1.165) is 25.9 Å². The number of rotatable bonds is 2. The summed E-state index contributed by atoms with van der Waals surface area (Å²) in [5.74, 6) is -0.443. The van der Waals surface area contributed by atoms with Crippen molar-refractivity contribution < 1.29 is 13.9 Å². The van der Waals surface area contributed by atoms with E-state index >= 15 is 0 Å². The molecule has 1 fully saturated rings. The van der Waals surface area contributed by atoms with Crippen molar-refractivity contribution in [3.8, 4) is 6.07 Å². The van der Waals surface area contributed by atoms with Crippen molar-refractivity contribution in [3.63, 3.8) is 0 Å². The van der Waals surface area contributed by atoms with E-state index in [1.807, 2.05) is 11.0 Å². The lowest BCUT2D eigenvalue weighted by Gasteiger charge is -2.25. The van der Waals surface area contributed by atoms with Crippen LogP contribution in [0.5, 0.6) is 0 Å². The SMILES string of the molecule is COC(=O)c1nc(C#N)c(N2CCCCC2)o1. The number of ether oxygens (including phenoxy) is 1. The van der Waals surface area contributed by atoms with E-state index in [0.29, 0.717) is 5.88 Å². The molecule has 1 aromatic rings. The van der Waals surface area contributed by atoms with Crippen LogP contribution in [0.25, 0.3) is 0 Å². The van der Waals surface area contributed by atoms with E-state index in [9.17, 15) is 4.79 Å².